The zero-order valence-electron chi connectivity index (χ0n) is 15.1. The lowest BCUT2D eigenvalue weighted by Crippen LogP contribution is -2.39. The fourth-order valence-corrected chi connectivity index (χ4v) is 3.86. The average Bonchev–Trinajstić information content (AvgIpc) is 3.20. The molecule has 0 saturated carbocycles. The van der Waals surface area contributed by atoms with Crippen LogP contribution < -0.4 is 10.6 Å². The Labute approximate surface area is 158 Å². The average molecular weight is 369 g/mol. The van der Waals surface area contributed by atoms with Crippen LogP contribution in [-0.2, 0) is 0 Å². The SMILES string of the molecule is CCN(CC)[C@@H](CNC(=O)Nc1cccc2ncccc12)c1ccsc1. The van der Waals surface area contributed by atoms with Crippen molar-refractivity contribution in [1.82, 2.24) is 15.2 Å². The van der Waals surface area contributed by atoms with Gasteiger partial charge in [-0.3, -0.25) is 9.88 Å². The van der Waals surface area contributed by atoms with Gasteiger partial charge >= 0.3 is 6.03 Å². The van der Waals surface area contributed by atoms with Crippen molar-refractivity contribution in [2.75, 3.05) is 25.0 Å². The standard InChI is InChI=1S/C20H24N4OS/c1-3-24(4-2)19(15-10-12-26-14-15)13-22-20(25)23-18-9-5-8-17-16(18)7-6-11-21-17/h5-12,14,19H,3-4,13H2,1-2H3,(H2,22,23,25)/t19-/m0/s1. The van der Waals surface area contributed by atoms with Crippen LogP contribution in [0.15, 0.2) is 53.4 Å². The summed E-state index contributed by atoms with van der Waals surface area (Å²) in [7, 11) is 0. The number of aromatic nitrogens is 1. The minimum Gasteiger partial charge on any atom is -0.336 e. The lowest BCUT2D eigenvalue weighted by Gasteiger charge is -2.29. The summed E-state index contributed by atoms with van der Waals surface area (Å²) in [6.07, 6.45) is 1.75. The van der Waals surface area contributed by atoms with Gasteiger partial charge in [-0.25, -0.2) is 4.79 Å². The van der Waals surface area contributed by atoms with Crippen LogP contribution in [0.5, 0.6) is 0 Å². The molecular formula is C20H24N4OS. The molecule has 2 aromatic heterocycles. The van der Waals surface area contributed by atoms with Gasteiger partial charge in [0.1, 0.15) is 0 Å². The molecule has 2 N–H and O–H groups in total. The Morgan fingerprint density at radius 3 is 2.77 bits per heavy atom. The Morgan fingerprint density at radius 1 is 1.19 bits per heavy atom. The van der Waals surface area contributed by atoms with Crippen molar-refractivity contribution in [2.24, 2.45) is 0 Å². The Bertz CT molecular complexity index is 841. The maximum absolute atomic E-state index is 12.5. The zero-order valence-corrected chi connectivity index (χ0v) is 15.9. The number of pyridine rings is 1. The first kappa shape index (κ1) is 18.4. The monoisotopic (exact) mass is 368 g/mol. The third kappa shape index (κ3) is 4.20. The summed E-state index contributed by atoms with van der Waals surface area (Å²) < 4.78 is 0. The van der Waals surface area contributed by atoms with E-state index in [2.05, 4.69) is 51.2 Å². The van der Waals surface area contributed by atoms with Crippen molar-refractivity contribution in [2.45, 2.75) is 19.9 Å². The highest BCUT2D eigenvalue weighted by Crippen LogP contribution is 2.23. The van der Waals surface area contributed by atoms with Crippen LogP contribution in [0.1, 0.15) is 25.5 Å². The van der Waals surface area contributed by atoms with E-state index in [1.807, 2.05) is 30.3 Å². The third-order valence-corrected chi connectivity index (χ3v) is 5.23. The highest BCUT2D eigenvalue weighted by Gasteiger charge is 2.19. The number of anilines is 1. The van der Waals surface area contributed by atoms with Gasteiger partial charge in [-0.1, -0.05) is 19.9 Å². The van der Waals surface area contributed by atoms with Crippen LogP contribution in [0.3, 0.4) is 0 Å². The lowest BCUT2D eigenvalue weighted by molar-refractivity contribution is 0.210. The molecule has 0 unspecified atom stereocenters. The number of carbonyl (C=O) groups excluding carboxylic acids is 1. The maximum Gasteiger partial charge on any atom is 0.319 e. The molecular weight excluding hydrogens is 344 g/mol. The van der Waals surface area contributed by atoms with Crippen molar-refractivity contribution < 1.29 is 4.79 Å². The second-order valence-corrected chi connectivity index (χ2v) is 6.78. The van der Waals surface area contributed by atoms with Crippen molar-refractivity contribution in [3.63, 3.8) is 0 Å². The molecule has 0 fully saturated rings. The third-order valence-electron chi connectivity index (χ3n) is 4.53. The number of hydrogen-bond donors (Lipinski definition) is 2. The van der Waals surface area contributed by atoms with E-state index in [1.165, 1.54) is 5.56 Å². The molecule has 0 radical (unpaired) electrons. The first-order valence-electron chi connectivity index (χ1n) is 8.87. The quantitative estimate of drug-likeness (QED) is 0.645. The smallest absolute Gasteiger partial charge is 0.319 e. The van der Waals surface area contributed by atoms with Gasteiger partial charge in [0.15, 0.2) is 0 Å². The number of rotatable bonds is 7. The van der Waals surface area contributed by atoms with Crippen LogP contribution in [0, 0.1) is 0 Å². The van der Waals surface area contributed by atoms with E-state index < -0.39 is 0 Å². The molecule has 0 saturated heterocycles. The second kappa shape index (κ2) is 8.78. The maximum atomic E-state index is 12.5. The molecule has 0 aliphatic heterocycles. The molecule has 3 rings (SSSR count). The first-order valence-corrected chi connectivity index (χ1v) is 9.82. The van der Waals surface area contributed by atoms with Gasteiger partial charge in [0, 0.05) is 18.1 Å². The second-order valence-electron chi connectivity index (χ2n) is 6.00. The molecule has 136 valence electrons. The number of amides is 2. The predicted octanol–water partition coefficient (Wildman–Crippen LogP) is 4.50. The van der Waals surface area contributed by atoms with E-state index in [9.17, 15) is 4.79 Å². The number of nitrogens with zero attached hydrogens (tertiary/aromatic N) is 2. The molecule has 1 aromatic carbocycles. The molecule has 26 heavy (non-hydrogen) atoms. The topological polar surface area (TPSA) is 57.3 Å². The largest absolute Gasteiger partial charge is 0.336 e. The summed E-state index contributed by atoms with van der Waals surface area (Å²) in [6.45, 7) is 6.73. The normalized spacial score (nSPS) is 12.3. The summed E-state index contributed by atoms with van der Waals surface area (Å²) in [5.41, 5.74) is 2.88. The lowest BCUT2D eigenvalue weighted by atomic mass is 10.1. The summed E-state index contributed by atoms with van der Waals surface area (Å²) >= 11 is 1.68. The van der Waals surface area contributed by atoms with E-state index in [1.54, 1.807) is 17.5 Å². The number of thiophene rings is 1. The van der Waals surface area contributed by atoms with E-state index >= 15 is 0 Å². The van der Waals surface area contributed by atoms with Gasteiger partial charge in [-0.2, -0.15) is 11.3 Å². The fourth-order valence-electron chi connectivity index (χ4n) is 3.15. The molecule has 0 spiro atoms. The molecule has 2 amide bonds. The number of hydrogen-bond acceptors (Lipinski definition) is 4. The molecule has 6 heteroatoms. The van der Waals surface area contributed by atoms with Gasteiger partial charge in [0.05, 0.1) is 17.2 Å². The molecule has 5 nitrogen and oxygen atoms in total. The van der Waals surface area contributed by atoms with Crippen LogP contribution in [0.25, 0.3) is 10.9 Å². The highest BCUT2D eigenvalue weighted by atomic mass is 32.1. The van der Waals surface area contributed by atoms with E-state index in [0.717, 1.165) is 29.7 Å². The number of likely N-dealkylation sites (N-methyl/N-ethyl adjacent to an activating group) is 1. The number of benzene rings is 1. The Morgan fingerprint density at radius 2 is 2.04 bits per heavy atom. The van der Waals surface area contributed by atoms with Crippen molar-refractivity contribution in [3.05, 3.63) is 58.9 Å². The van der Waals surface area contributed by atoms with Gasteiger partial charge in [-0.05, 0) is 59.7 Å². The van der Waals surface area contributed by atoms with E-state index in [4.69, 9.17) is 0 Å². The Hall–Kier alpha value is -2.44. The molecule has 3 aromatic rings. The van der Waals surface area contributed by atoms with E-state index in [0.29, 0.717) is 6.54 Å². The fraction of sp³-hybridized carbons (Fsp3) is 0.300. The van der Waals surface area contributed by atoms with Crippen molar-refractivity contribution in [3.8, 4) is 0 Å². The first-order chi connectivity index (χ1) is 12.7. The van der Waals surface area contributed by atoms with Gasteiger partial charge < -0.3 is 10.6 Å². The molecule has 0 bridgehead atoms. The van der Waals surface area contributed by atoms with Gasteiger partial charge in [-0.15, -0.1) is 0 Å². The van der Waals surface area contributed by atoms with Crippen molar-refractivity contribution >= 4 is 34.0 Å². The molecule has 1 atom stereocenters. The van der Waals surface area contributed by atoms with Crippen LogP contribution >= 0.6 is 11.3 Å². The highest BCUT2D eigenvalue weighted by molar-refractivity contribution is 7.07. The van der Waals surface area contributed by atoms with Gasteiger partial charge in [0.25, 0.3) is 0 Å². The number of nitrogens with one attached hydrogen (secondary N) is 2. The molecule has 0 aliphatic rings. The minimum absolute atomic E-state index is 0.177. The zero-order chi connectivity index (χ0) is 18.4. The summed E-state index contributed by atoms with van der Waals surface area (Å²) in [5.74, 6) is 0. The molecule has 2 heterocycles. The van der Waals surface area contributed by atoms with Crippen LogP contribution in [0.2, 0.25) is 0 Å². The van der Waals surface area contributed by atoms with Crippen LogP contribution in [-0.4, -0.2) is 35.5 Å². The number of carbonyl (C=O) groups is 1. The Kier molecular flexibility index (Phi) is 6.20. The van der Waals surface area contributed by atoms with Crippen LogP contribution in [0.4, 0.5) is 10.5 Å². The summed E-state index contributed by atoms with van der Waals surface area (Å²) in [4.78, 5) is 19.1. The number of urea groups is 1. The van der Waals surface area contributed by atoms with E-state index in [-0.39, 0.29) is 12.1 Å². The Balaban J connectivity index is 1.68. The molecule has 0 aliphatic carbocycles. The van der Waals surface area contributed by atoms with Crippen molar-refractivity contribution in [1.29, 1.82) is 0 Å². The predicted molar refractivity (Wildman–Crippen MR) is 109 cm³/mol. The number of fused-ring (bicyclic) bond motifs is 1. The summed E-state index contributed by atoms with van der Waals surface area (Å²) in [6, 6.07) is 11.7. The van der Waals surface area contributed by atoms with Gasteiger partial charge in [0.2, 0.25) is 0 Å². The minimum atomic E-state index is -0.200. The summed E-state index contributed by atoms with van der Waals surface area (Å²) in [5, 5.41) is 11.1.